The van der Waals surface area contributed by atoms with E-state index in [9.17, 15) is 14.9 Å². The monoisotopic (exact) mass is 438 g/mol. The van der Waals surface area contributed by atoms with Crippen molar-refractivity contribution in [3.05, 3.63) is 69.3 Å². The molecule has 4 rings (SSSR count). The third-order valence-electron chi connectivity index (χ3n) is 6.13. The molecular weight excluding hydrogens is 408 g/mol. The molecule has 8 heteroatoms. The lowest BCUT2D eigenvalue weighted by atomic mass is 10.1. The fraction of sp³-hybridized carbons (Fsp3) is 0.458. The Morgan fingerprint density at radius 1 is 0.969 bits per heavy atom. The van der Waals surface area contributed by atoms with Gasteiger partial charge in [-0.15, -0.1) is 0 Å². The summed E-state index contributed by atoms with van der Waals surface area (Å²) < 4.78 is 5.37. The van der Waals surface area contributed by atoms with Crippen LogP contribution in [0, 0.1) is 10.1 Å². The molecule has 32 heavy (non-hydrogen) atoms. The third kappa shape index (κ3) is 5.63. The van der Waals surface area contributed by atoms with Gasteiger partial charge in [-0.05, 0) is 49.2 Å². The van der Waals surface area contributed by atoms with Crippen LogP contribution in [-0.4, -0.2) is 55.1 Å². The third-order valence-corrected chi connectivity index (χ3v) is 6.13. The number of carbonyl (C=O) groups is 1. The minimum Gasteiger partial charge on any atom is -0.378 e. The average molecular weight is 439 g/mol. The first-order chi connectivity index (χ1) is 15.6. The number of hydrogen-bond acceptors (Lipinski definition) is 6. The Morgan fingerprint density at radius 3 is 2.34 bits per heavy atom. The second kappa shape index (κ2) is 10.6. The Kier molecular flexibility index (Phi) is 7.34. The number of hydrogen-bond donors (Lipinski definition) is 1. The molecule has 0 bridgehead atoms. The van der Waals surface area contributed by atoms with Crippen molar-refractivity contribution < 1.29 is 14.5 Å². The van der Waals surface area contributed by atoms with Crippen molar-refractivity contribution in [2.24, 2.45) is 0 Å². The topological polar surface area (TPSA) is 88.0 Å². The summed E-state index contributed by atoms with van der Waals surface area (Å²) in [5, 5.41) is 14.3. The van der Waals surface area contributed by atoms with E-state index in [-0.39, 0.29) is 11.3 Å². The first kappa shape index (κ1) is 22.2. The second-order valence-corrected chi connectivity index (χ2v) is 8.39. The van der Waals surface area contributed by atoms with Crippen molar-refractivity contribution in [1.29, 1.82) is 0 Å². The summed E-state index contributed by atoms with van der Waals surface area (Å²) in [6.07, 6.45) is 3.86. The molecule has 0 atom stereocenters. The first-order valence-electron chi connectivity index (χ1n) is 11.3. The molecule has 2 aromatic carbocycles. The molecule has 2 saturated heterocycles. The SMILES string of the molecule is O=C(NCc1ccc(CN2CCCCC2)cc1)c1cc(N2CCOCC2)ccc1[N+](=O)[O-]. The van der Waals surface area contributed by atoms with Crippen LogP contribution >= 0.6 is 0 Å². The van der Waals surface area contributed by atoms with Crippen molar-refractivity contribution in [1.82, 2.24) is 10.2 Å². The number of morpholine rings is 1. The number of nitrogens with zero attached hydrogens (tertiary/aromatic N) is 3. The summed E-state index contributed by atoms with van der Waals surface area (Å²) in [6, 6.07) is 12.9. The minimum atomic E-state index is -0.507. The summed E-state index contributed by atoms with van der Waals surface area (Å²) in [5.74, 6) is -0.441. The maximum atomic E-state index is 12.8. The number of likely N-dealkylation sites (tertiary alicyclic amines) is 1. The highest BCUT2D eigenvalue weighted by molar-refractivity contribution is 5.99. The zero-order valence-electron chi connectivity index (χ0n) is 18.3. The van der Waals surface area contributed by atoms with E-state index in [0.717, 1.165) is 30.9 Å². The largest absolute Gasteiger partial charge is 0.378 e. The van der Waals surface area contributed by atoms with Gasteiger partial charge in [0.05, 0.1) is 18.1 Å². The van der Waals surface area contributed by atoms with Crippen LogP contribution in [0.15, 0.2) is 42.5 Å². The molecule has 2 fully saturated rings. The van der Waals surface area contributed by atoms with E-state index in [2.05, 4.69) is 27.2 Å². The minimum absolute atomic E-state index is 0.0840. The molecule has 170 valence electrons. The number of benzene rings is 2. The first-order valence-corrected chi connectivity index (χ1v) is 11.3. The normalized spacial score (nSPS) is 17.2. The van der Waals surface area contributed by atoms with Crippen LogP contribution in [0.2, 0.25) is 0 Å². The molecule has 1 amide bonds. The van der Waals surface area contributed by atoms with Crippen LogP contribution in [-0.2, 0) is 17.8 Å². The molecule has 0 aromatic heterocycles. The molecule has 2 aromatic rings. The molecular formula is C24H30N4O4. The molecule has 0 spiro atoms. The van der Waals surface area contributed by atoms with E-state index >= 15 is 0 Å². The molecule has 2 heterocycles. The zero-order chi connectivity index (χ0) is 22.3. The van der Waals surface area contributed by atoms with Gasteiger partial charge in [0.15, 0.2) is 0 Å². The fourth-order valence-corrected chi connectivity index (χ4v) is 4.30. The maximum absolute atomic E-state index is 12.8. The Bertz CT molecular complexity index is 936. The standard InChI is InChI=1S/C24H30N4O4/c29-24(22-16-21(8-9-23(22)28(30)31)27-12-14-32-15-13-27)25-17-19-4-6-20(7-5-19)18-26-10-2-1-3-11-26/h4-9,16H,1-3,10-15,17-18H2,(H,25,29). The van der Waals surface area contributed by atoms with E-state index in [1.165, 1.54) is 30.9 Å². The van der Waals surface area contributed by atoms with Gasteiger partial charge in [0.2, 0.25) is 0 Å². The Labute approximate surface area is 188 Å². The van der Waals surface area contributed by atoms with Gasteiger partial charge in [-0.25, -0.2) is 0 Å². The highest BCUT2D eigenvalue weighted by atomic mass is 16.6. The number of amides is 1. The van der Waals surface area contributed by atoms with E-state index in [0.29, 0.717) is 32.8 Å². The van der Waals surface area contributed by atoms with Crippen LogP contribution in [0.4, 0.5) is 11.4 Å². The maximum Gasteiger partial charge on any atom is 0.282 e. The number of nitro groups is 1. The van der Waals surface area contributed by atoms with Crippen molar-refractivity contribution >= 4 is 17.3 Å². The Balaban J connectivity index is 1.39. The molecule has 2 aliphatic heterocycles. The number of nitro benzene ring substituents is 1. The molecule has 8 nitrogen and oxygen atoms in total. The number of ether oxygens (including phenoxy) is 1. The average Bonchev–Trinajstić information content (AvgIpc) is 2.84. The quantitative estimate of drug-likeness (QED) is 0.527. The molecule has 1 N–H and O–H groups in total. The molecule has 0 radical (unpaired) electrons. The van der Waals surface area contributed by atoms with Gasteiger partial charge < -0.3 is 15.0 Å². The molecule has 0 aliphatic carbocycles. The van der Waals surface area contributed by atoms with E-state index < -0.39 is 10.8 Å². The van der Waals surface area contributed by atoms with Gasteiger partial charge in [0.25, 0.3) is 11.6 Å². The number of rotatable bonds is 7. The van der Waals surface area contributed by atoms with Gasteiger partial charge >= 0.3 is 0 Å². The zero-order valence-corrected chi connectivity index (χ0v) is 18.3. The van der Waals surface area contributed by atoms with Gasteiger partial charge in [-0.3, -0.25) is 19.8 Å². The highest BCUT2D eigenvalue weighted by Gasteiger charge is 2.23. The van der Waals surface area contributed by atoms with Crippen molar-refractivity contribution in [2.45, 2.75) is 32.4 Å². The summed E-state index contributed by atoms with van der Waals surface area (Å²) >= 11 is 0. The predicted molar refractivity (Wildman–Crippen MR) is 123 cm³/mol. The van der Waals surface area contributed by atoms with Crippen molar-refractivity contribution in [2.75, 3.05) is 44.3 Å². The fourth-order valence-electron chi connectivity index (χ4n) is 4.30. The molecule has 2 aliphatic rings. The number of anilines is 1. The predicted octanol–water partition coefficient (Wildman–Crippen LogP) is 3.35. The van der Waals surface area contributed by atoms with Crippen LogP contribution in [0.1, 0.15) is 40.7 Å². The van der Waals surface area contributed by atoms with Crippen LogP contribution in [0.25, 0.3) is 0 Å². The summed E-state index contributed by atoms with van der Waals surface area (Å²) in [7, 11) is 0. The van der Waals surface area contributed by atoms with E-state index in [1.54, 1.807) is 12.1 Å². The van der Waals surface area contributed by atoms with Gasteiger partial charge in [0, 0.05) is 37.9 Å². The Morgan fingerprint density at radius 2 is 1.66 bits per heavy atom. The number of nitrogens with one attached hydrogen (secondary N) is 1. The molecule has 0 unspecified atom stereocenters. The van der Waals surface area contributed by atoms with E-state index in [1.807, 2.05) is 12.1 Å². The summed E-state index contributed by atoms with van der Waals surface area (Å²) in [4.78, 5) is 28.4. The van der Waals surface area contributed by atoms with Gasteiger partial charge in [0.1, 0.15) is 5.56 Å². The summed E-state index contributed by atoms with van der Waals surface area (Å²) in [6.45, 7) is 6.18. The lowest BCUT2D eigenvalue weighted by Gasteiger charge is -2.29. The highest BCUT2D eigenvalue weighted by Crippen LogP contribution is 2.26. The van der Waals surface area contributed by atoms with Crippen LogP contribution in [0.3, 0.4) is 0 Å². The van der Waals surface area contributed by atoms with Crippen LogP contribution in [0.5, 0.6) is 0 Å². The Hall–Kier alpha value is -2.97. The van der Waals surface area contributed by atoms with Gasteiger partial charge in [-0.2, -0.15) is 0 Å². The second-order valence-electron chi connectivity index (χ2n) is 8.39. The smallest absolute Gasteiger partial charge is 0.282 e. The van der Waals surface area contributed by atoms with Crippen LogP contribution < -0.4 is 10.2 Å². The summed E-state index contributed by atoms with van der Waals surface area (Å²) in [5.41, 5.74) is 2.92. The number of carbonyl (C=O) groups excluding carboxylic acids is 1. The van der Waals surface area contributed by atoms with Crippen molar-refractivity contribution in [3.63, 3.8) is 0 Å². The van der Waals surface area contributed by atoms with Gasteiger partial charge in [-0.1, -0.05) is 30.7 Å². The van der Waals surface area contributed by atoms with Crippen molar-refractivity contribution in [3.8, 4) is 0 Å². The number of piperidine rings is 1. The lowest BCUT2D eigenvalue weighted by Crippen LogP contribution is -2.36. The van der Waals surface area contributed by atoms with E-state index in [4.69, 9.17) is 4.74 Å². The lowest BCUT2D eigenvalue weighted by molar-refractivity contribution is -0.385. The molecule has 0 saturated carbocycles.